The van der Waals surface area contributed by atoms with Crippen LogP contribution in [0.15, 0.2) is 40.9 Å². The molecule has 6 heteroatoms. The molecule has 0 saturated carbocycles. The topological polar surface area (TPSA) is 78.9 Å². The molecule has 32 heavy (non-hydrogen) atoms. The highest BCUT2D eigenvalue weighted by molar-refractivity contribution is 6.06. The van der Waals surface area contributed by atoms with E-state index < -0.39 is 11.9 Å². The van der Waals surface area contributed by atoms with Crippen molar-refractivity contribution in [2.75, 3.05) is 7.11 Å². The minimum Gasteiger partial charge on any atom is -0.493 e. The van der Waals surface area contributed by atoms with Gasteiger partial charge in [0.05, 0.1) is 7.11 Å². The van der Waals surface area contributed by atoms with Crippen LogP contribution in [0.1, 0.15) is 71.8 Å². The van der Waals surface area contributed by atoms with Crippen LogP contribution in [0.4, 0.5) is 0 Å². The number of hydrogen-bond donors (Lipinski definition) is 0. The van der Waals surface area contributed by atoms with E-state index in [1.54, 1.807) is 18.2 Å². The molecule has 6 nitrogen and oxygen atoms in total. The summed E-state index contributed by atoms with van der Waals surface area (Å²) < 4.78 is 17.0. The first-order valence-electron chi connectivity index (χ1n) is 11.0. The van der Waals surface area contributed by atoms with Gasteiger partial charge in [0.1, 0.15) is 11.5 Å². The van der Waals surface area contributed by atoms with E-state index >= 15 is 0 Å². The fourth-order valence-electron chi connectivity index (χ4n) is 5.11. The van der Waals surface area contributed by atoms with Gasteiger partial charge in [-0.3, -0.25) is 14.4 Å². The Bertz CT molecular complexity index is 1030. The Balaban J connectivity index is 1.89. The molecule has 1 heterocycles. The molecule has 1 aromatic rings. The van der Waals surface area contributed by atoms with Crippen molar-refractivity contribution in [2.45, 2.75) is 66.2 Å². The fraction of sp³-hybridized carbons (Fsp3) is 0.500. The number of methoxy groups -OCH3 is 1. The first-order chi connectivity index (χ1) is 14.9. The third-order valence-electron chi connectivity index (χ3n) is 6.36. The average Bonchev–Trinajstić information content (AvgIpc) is 2.64. The first kappa shape index (κ1) is 22.3. The second-order valence-electron chi connectivity index (χ2n) is 10.6. The lowest BCUT2D eigenvalue weighted by atomic mass is 9.65. The quantitative estimate of drug-likeness (QED) is 0.487. The summed E-state index contributed by atoms with van der Waals surface area (Å²) in [5.41, 5.74) is 1.48. The molecule has 0 amide bonds. The van der Waals surface area contributed by atoms with Gasteiger partial charge >= 0.3 is 5.97 Å². The van der Waals surface area contributed by atoms with Crippen molar-refractivity contribution in [3.8, 4) is 11.5 Å². The molecule has 0 N–H and O–H groups in total. The minimum atomic E-state index is -0.513. The SMILES string of the molecule is COc1cc(C2C3=C(CC(C)(C)CC3=O)OC3=C2C(=O)CC(C)(C)C3)ccc1OC(C)=O. The van der Waals surface area contributed by atoms with Gasteiger partial charge in [0, 0.05) is 49.7 Å². The van der Waals surface area contributed by atoms with Crippen LogP contribution in [0.5, 0.6) is 11.5 Å². The van der Waals surface area contributed by atoms with Crippen molar-refractivity contribution in [3.63, 3.8) is 0 Å². The van der Waals surface area contributed by atoms with E-state index in [-0.39, 0.29) is 22.4 Å². The predicted molar refractivity (Wildman–Crippen MR) is 118 cm³/mol. The highest BCUT2D eigenvalue weighted by atomic mass is 16.6. The molecule has 1 aliphatic heterocycles. The summed E-state index contributed by atoms with van der Waals surface area (Å²) in [5, 5.41) is 0. The number of benzene rings is 1. The number of esters is 1. The van der Waals surface area contributed by atoms with Gasteiger partial charge in [-0.15, -0.1) is 0 Å². The molecule has 170 valence electrons. The van der Waals surface area contributed by atoms with Gasteiger partial charge in [-0.1, -0.05) is 33.8 Å². The lowest BCUT2D eigenvalue weighted by Gasteiger charge is -2.42. The van der Waals surface area contributed by atoms with Crippen molar-refractivity contribution in [2.24, 2.45) is 10.8 Å². The molecule has 3 aliphatic rings. The second kappa shape index (κ2) is 7.61. The number of Topliss-reactive ketones (excluding diaryl/α,β-unsaturated/α-hetero) is 2. The van der Waals surface area contributed by atoms with Crippen LogP contribution in [0, 0.1) is 10.8 Å². The molecule has 0 atom stereocenters. The van der Waals surface area contributed by atoms with E-state index in [1.807, 2.05) is 0 Å². The summed E-state index contributed by atoms with van der Waals surface area (Å²) in [4.78, 5) is 38.1. The zero-order valence-corrected chi connectivity index (χ0v) is 19.6. The fourth-order valence-corrected chi connectivity index (χ4v) is 5.11. The van der Waals surface area contributed by atoms with Crippen LogP contribution in [0.25, 0.3) is 0 Å². The molecule has 1 aromatic carbocycles. The minimum absolute atomic E-state index is 0.00784. The molecule has 0 fully saturated rings. The maximum absolute atomic E-state index is 13.3. The number of carbonyl (C=O) groups is 3. The standard InChI is InChI=1S/C26H30O6/c1-14(27)31-18-8-7-15(9-19(18)30-6)22-23-16(28)10-25(2,3)12-20(23)32-21-13-26(4,5)11-17(29)24(21)22/h7-9,22H,10-13H2,1-6H3. The van der Waals surface area contributed by atoms with Crippen LogP contribution in [-0.2, 0) is 19.1 Å². The number of hydrogen-bond acceptors (Lipinski definition) is 6. The number of ether oxygens (including phenoxy) is 3. The van der Waals surface area contributed by atoms with Crippen molar-refractivity contribution >= 4 is 17.5 Å². The number of ketones is 2. The molecule has 4 rings (SSSR count). The van der Waals surface area contributed by atoms with Crippen LogP contribution in [0.3, 0.4) is 0 Å². The zero-order chi connectivity index (χ0) is 23.4. The molecular formula is C26H30O6. The van der Waals surface area contributed by atoms with Crippen LogP contribution in [0.2, 0.25) is 0 Å². The molecule has 0 unspecified atom stereocenters. The number of allylic oxidation sites excluding steroid dienone is 4. The Labute approximate surface area is 188 Å². The Morgan fingerprint density at radius 1 is 0.906 bits per heavy atom. The smallest absolute Gasteiger partial charge is 0.308 e. The summed E-state index contributed by atoms with van der Waals surface area (Å²) in [6.07, 6.45) is 2.07. The predicted octanol–water partition coefficient (Wildman–Crippen LogP) is 5.02. The van der Waals surface area contributed by atoms with Gasteiger partial charge in [-0.2, -0.15) is 0 Å². The maximum atomic E-state index is 13.3. The highest BCUT2D eigenvalue weighted by Gasteiger charge is 2.47. The largest absolute Gasteiger partial charge is 0.493 e. The summed E-state index contributed by atoms with van der Waals surface area (Å²) in [7, 11) is 1.49. The van der Waals surface area contributed by atoms with Crippen molar-refractivity contribution in [1.82, 2.24) is 0 Å². The Hall–Kier alpha value is -2.89. The molecule has 2 aliphatic carbocycles. The molecule has 0 saturated heterocycles. The van der Waals surface area contributed by atoms with Gasteiger partial charge in [0.2, 0.25) is 0 Å². The van der Waals surface area contributed by atoms with Crippen LogP contribution in [-0.4, -0.2) is 24.6 Å². The third kappa shape index (κ3) is 3.98. The van der Waals surface area contributed by atoms with E-state index in [1.165, 1.54) is 14.0 Å². The number of carbonyl (C=O) groups excluding carboxylic acids is 3. The van der Waals surface area contributed by atoms with Gasteiger partial charge in [-0.05, 0) is 28.5 Å². The maximum Gasteiger partial charge on any atom is 0.308 e. The average molecular weight is 439 g/mol. The second-order valence-corrected chi connectivity index (χ2v) is 10.6. The summed E-state index contributed by atoms with van der Waals surface area (Å²) >= 11 is 0. The van der Waals surface area contributed by atoms with Crippen LogP contribution >= 0.6 is 0 Å². The van der Waals surface area contributed by atoms with Gasteiger partial charge in [-0.25, -0.2) is 0 Å². The lowest BCUT2D eigenvalue weighted by molar-refractivity contribution is -0.132. The Kier molecular flexibility index (Phi) is 5.30. The third-order valence-corrected chi connectivity index (χ3v) is 6.36. The summed E-state index contributed by atoms with van der Waals surface area (Å²) in [5.74, 6) is 1.06. The van der Waals surface area contributed by atoms with Gasteiger partial charge in [0.15, 0.2) is 23.1 Å². The van der Waals surface area contributed by atoms with Gasteiger partial charge < -0.3 is 14.2 Å². The zero-order valence-electron chi connectivity index (χ0n) is 19.6. The van der Waals surface area contributed by atoms with Crippen molar-refractivity contribution < 1.29 is 28.6 Å². The highest BCUT2D eigenvalue weighted by Crippen LogP contribution is 2.53. The van der Waals surface area contributed by atoms with E-state index in [0.29, 0.717) is 59.8 Å². The summed E-state index contributed by atoms with van der Waals surface area (Å²) in [6.45, 7) is 9.56. The van der Waals surface area contributed by atoms with E-state index in [2.05, 4.69) is 27.7 Å². The monoisotopic (exact) mass is 438 g/mol. The van der Waals surface area contributed by atoms with Crippen molar-refractivity contribution in [3.05, 3.63) is 46.4 Å². The lowest BCUT2D eigenvalue weighted by Crippen LogP contribution is -2.37. The van der Waals surface area contributed by atoms with Crippen molar-refractivity contribution in [1.29, 1.82) is 0 Å². The molecule has 0 spiro atoms. The Morgan fingerprint density at radius 3 is 1.91 bits per heavy atom. The molecular weight excluding hydrogens is 408 g/mol. The number of rotatable bonds is 3. The normalized spacial score (nSPS) is 22.2. The first-order valence-corrected chi connectivity index (χ1v) is 11.0. The summed E-state index contributed by atoms with van der Waals surface area (Å²) in [6, 6.07) is 5.20. The molecule has 0 aromatic heterocycles. The van der Waals surface area contributed by atoms with E-state index in [4.69, 9.17) is 14.2 Å². The molecule has 0 bridgehead atoms. The van der Waals surface area contributed by atoms with Crippen LogP contribution < -0.4 is 9.47 Å². The Morgan fingerprint density at radius 2 is 1.44 bits per heavy atom. The molecule has 0 radical (unpaired) electrons. The van der Waals surface area contributed by atoms with E-state index in [9.17, 15) is 14.4 Å². The van der Waals surface area contributed by atoms with Gasteiger partial charge in [0.25, 0.3) is 0 Å². The van der Waals surface area contributed by atoms with E-state index in [0.717, 1.165) is 5.56 Å².